The third kappa shape index (κ3) is 3.95. The third-order valence-corrected chi connectivity index (χ3v) is 7.67. The number of rotatable bonds is 5. The van der Waals surface area contributed by atoms with Gasteiger partial charge in [0.1, 0.15) is 5.82 Å². The normalized spacial score (nSPS) is 22.5. The van der Waals surface area contributed by atoms with E-state index >= 15 is 0 Å². The molecule has 2 saturated heterocycles. The summed E-state index contributed by atoms with van der Waals surface area (Å²) in [5.41, 5.74) is 0.490. The van der Waals surface area contributed by atoms with Crippen molar-refractivity contribution in [1.82, 2.24) is 19.4 Å². The van der Waals surface area contributed by atoms with Crippen molar-refractivity contribution in [2.75, 3.05) is 26.2 Å². The monoisotopic (exact) mass is 478 g/mol. The van der Waals surface area contributed by atoms with Crippen LogP contribution in [-0.2, 0) is 17.5 Å². The van der Waals surface area contributed by atoms with Gasteiger partial charge in [-0.25, -0.2) is 14.2 Å². The number of aromatic nitrogens is 2. The van der Waals surface area contributed by atoms with Crippen LogP contribution in [0.2, 0.25) is 0 Å². The zero-order valence-corrected chi connectivity index (χ0v) is 18.6. The second kappa shape index (κ2) is 7.69. The highest BCUT2D eigenvalue weighted by atomic mass is 19.4. The minimum atomic E-state index is -4.58. The molecule has 2 aromatic rings. The van der Waals surface area contributed by atoms with Gasteiger partial charge in [-0.1, -0.05) is 6.07 Å². The minimum absolute atomic E-state index is 0.00622. The quantitative estimate of drug-likeness (QED) is 0.592. The van der Waals surface area contributed by atoms with Gasteiger partial charge in [0.2, 0.25) is 0 Å². The summed E-state index contributed by atoms with van der Waals surface area (Å²) in [6, 6.07) is 2.90. The number of ether oxygens (including phenoxy) is 1. The number of carbonyl (C=O) groups is 1. The average molecular weight is 478 g/mol. The Morgan fingerprint density at radius 1 is 1.15 bits per heavy atom. The van der Waals surface area contributed by atoms with Crippen molar-refractivity contribution in [1.29, 1.82) is 0 Å². The largest absolute Gasteiger partial charge is 0.416 e. The van der Waals surface area contributed by atoms with Crippen LogP contribution in [0.4, 0.5) is 22.4 Å². The van der Waals surface area contributed by atoms with Crippen molar-refractivity contribution >= 4 is 6.03 Å². The second-order valence-electron chi connectivity index (χ2n) is 10.4. The Balaban J connectivity index is 0.922. The molecule has 2 saturated carbocycles. The summed E-state index contributed by atoms with van der Waals surface area (Å²) in [7, 11) is 0. The van der Waals surface area contributed by atoms with E-state index in [0.29, 0.717) is 31.1 Å². The fraction of sp³-hybridized carbons (Fsp3) is 0.583. The zero-order chi connectivity index (χ0) is 23.7. The molecule has 2 amide bonds. The van der Waals surface area contributed by atoms with Crippen LogP contribution in [0.1, 0.15) is 54.5 Å². The van der Waals surface area contributed by atoms with Gasteiger partial charge in [-0.05, 0) is 37.8 Å². The molecule has 0 radical (unpaired) electrons. The molecule has 4 aliphatic rings. The summed E-state index contributed by atoms with van der Waals surface area (Å²) in [6.45, 7) is 2.23. The lowest BCUT2D eigenvalue weighted by molar-refractivity contribution is -0.137. The molecule has 1 aromatic heterocycles. The van der Waals surface area contributed by atoms with Gasteiger partial charge in [-0.2, -0.15) is 13.2 Å². The lowest BCUT2D eigenvalue weighted by atomic mass is 9.60. The fourth-order valence-corrected chi connectivity index (χ4v) is 5.40. The summed E-state index contributed by atoms with van der Waals surface area (Å²) in [5.74, 6) is -0.281. The number of hydrogen-bond acceptors (Lipinski definition) is 3. The van der Waals surface area contributed by atoms with E-state index in [1.165, 1.54) is 18.5 Å². The van der Waals surface area contributed by atoms with E-state index < -0.39 is 17.6 Å². The number of amides is 2. The van der Waals surface area contributed by atoms with Crippen LogP contribution in [0.25, 0.3) is 0 Å². The van der Waals surface area contributed by atoms with Crippen LogP contribution in [0, 0.1) is 11.2 Å². The van der Waals surface area contributed by atoms with Gasteiger partial charge in [-0.3, -0.25) is 0 Å². The van der Waals surface area contributed by atoms with Crippen LogP contribution in [-0.4, -0.2) is 57.7 Å². The first kappa shape index (κ1) is 21.9. The molecular weight excluding hydrogens is 452 g/mol. The maximum atomic E-state index is 13.9. The summed E-state index contributed by atoms with van der Waals surface area (Å²) >= 11 is 0. The molecule has 0 N–H and O–H groups in total. The Labute approximate surface area is 194 Å². The molecule has 10 heteroatoms. The smallest absolute Gasteiger partial charge is 0.370 e. The predicted molar refractivity (Wildman–Crippen MR) is 113 cm³/mol. The summed E-state index contributed by atoms with van der Waals surface area (Å²) in [6.07, 6.45) is 3.95. The van der Waals surface area contributed by atoms with E-state index in [4.69, 9.17) is 4.74 Å². The predicted octanol–water partition coefficient (Wildman–Crippen LogP) is 4.58. The minimum Gasteiger partial charge on any atom is -0.370 e. The Morgan fingerprint density at radius 2 is 1.88 bits per heavy atom. The standard InChI is InChI=1S/C24H26F4N4O2/c25-20-5-17(24(26,27)28)4-3-16(20)11-34-19-8-30(9-19)22(33)32-12-23(13-32)6-18(7-23)31-10-21(29-14-31)15-1-2-15/h3-5,10,14-15,18-19H,1-2,6-9,11-13H2. The summed E-state index contributed by atoms with van der Waals surface area (Å²) < 4.78 is 59.7. The molecule has 34 heavy (non-hydrogen) atoms. The number of carbonyl (C=O) groups excluding carboxylic acids is 1. The molecule has 2 aliphatic carbocycles. The van der Waals surface area contributed by atoms with Gasteiger partial charge in [-0.15, -0.1) is 0 Å². The first-order valence-electron chi connectivity index (χ1n) is 11.7. The highest BCUT2D eigenvalue weighted by Gasteiger charge is 2.55. The number of urea groups is 1. The molecule has 1 aromatic carbocycles. The van der Waals surface area contributed by atoms with Gasteiger partial charge in [0.25, 0.3) is 0 Å². The van der Waals surface area contributed by atoms with Gasteiger partial charge in [0.15, 0.2) is 0 Å². The molecule has 0 atom stereocenters. The average Bonchev–Trinajstić information content (AvgIpc) is 3.43. The molecular formula is C24H26F4N4O2. The van der Waals surface area contributed by atoms with Crippen molar-refractivity contribution < 1.29 is 27.1 Å². The number of imidazole rings is 1. The van der Waals surface area contributed by atoms with Crippen LogP contribution in [0.3, 0.4) is 0 Å². The Morgan fingerprint density at radius 3 is 2.53 bits per heavy atom. The number of hydrogen-bond donors (Lipinski definition) is 0. The van der Waals surface area contributed by atoms with Crippen molar-refractivity contribution in [2.24, 2.45) is 5.41 Å². The number of halogens is 4. The molecule has 1 spiro atoms. The second-order valence-corrected chi connectivity index (χ2v) is 10.4. The van der Waals surface area contributed by atoms with E-state index in [1.807, 2.05) is 11.2 Å². The maximum absolute atomic E-state index is 13.9. The first-order valence-corrected chi connectivity index (χ1v) is 11.7. The zero-order valence-electron chi connectivity index (χ0n) is 18.6. The molecule has 3 heterocycles. The lowest BCUT2D eigenvalue weighted by Crippen LogP contribution is -2.68. The van der Waals surface area contributed by atoms with Crippen LogP contribution < -0.4 is 0 Å². The lowest BCUT2D eigenvalue weighted by Gasteiger charge is -2.60. The number of nitrogens with zero attached hydrogens (tertiary/aromatic N) is 4. The van der Waals surface area contributed by atoms with Crippen molar-refractivity contribution in [2.45, 2.75) is 56.5 Å². The first-order chi connectivity index (χ1) is 16.2. The number of alkyl halides is 3. The molecule has 6 rings (SSSR count). The van der Waals surface area contributed by atoms with Gasteiger partial charge < -0.3 is 19.1 Å². The highest BCUT2D eigenvalue weighted by molar-refractivity contribution is 5.76. The topological polar surface area (TPSA) is 50.6 Å². The molecule has 4 fully saturated rings. The van der Waals surface area contributed by atoms with E-state index in [2.05, 4.69) is 15.7 Å². The summed E-state index contributed by atoms with van der Waals surface area (Å²) in [5, 5.41) is 0. The van der Waals surface area contributed by atoms with Gasteiger partial charge in [0.05, 0.1) is 43.4 Å². The van der Waals surface area contributed by atoms with Crippen LogP contribution in [0.5, 0.6) is 0 Å². The number of benzene rings is 1. The van der Waals surface area contributed by atoms with Crippen LogP contribution >= 0.6 is 0 Å². The maximum Gasteiger partial charge on any atom is 0.416 e. The fourth-order valence-electron chi connectivity index (χ4n) is 5.40. The Hall–Kier alpha value is -2.62. The molecule has 2 aliphatic heterocycles. The third-order valence-electron chi connectivity index (χ3n) is 7.67. The van der Waals surface area contributed by atoms with Crippen molar-refractivity contribution in [3.8, 4) is 0 Å². The van der Waals surface area contributed by atoms with Crippen LogP contribution in [0.15, 0.2) is 30.7 Å². The van der Waals surface area contributed by atoms with Crippen molar-refractivity contribution in [3.63, 3.8) is 0 Å². The Kier molecular flexibility index (Phi) is 4.95. The molecule has 182 valence electrons. The SMILES string of the molecule is O=C(N1CC(OCc2ccc(C(F)(F)F)cc2F)C1)N1CC2(CC(n3cnc(C4CC4)c3)C2)C1. The number of likely N-dealkylation sites (tertiary alicyclic amines) is 2. The van der Waals surface area contributed by atoms with Gasteiger partial charge in [0, 0.05) is 42.2 Å². The highest BCUT2D eigenvalue weighted by Crippen LogP contribution is 2.54. The van der Waals surface area contributed by atoms with E-state index in [-0.39, 0.29) is 29.7 Å². The Bertz CT molecular complexity index is 1090. The van der Waals surface area contributed by atoms with E-state index in [0.717, 1.165) is 38.1 Å². The summed E-state index contributed by atoms with van der Waals surface area (Å²) in [4.78, 5) is 20.8. The molecule has 6 nitrogen and oxygen atoms in total. The molecule has 0 bridgehead atoms. The van der Waals surface area contributed by atoms with E-state index in [1.54, 1.807) is 4.90 Å². The van der Waals surface area contributed by atoms with E-state index in [9.17, 15) is 22.4 Å². The molecule has 0 unspecified atom stereocenters. The van der Waals surface area contributed by atoms with Crippen molar-refractivity contribution in [3.05, 3.63) is 53.4 Å². The van der Waals surface area contributed by atoms with Gasteiger partial charge >= 0.3 is 12.2 Å².